The third-order valence-corrected chi connectivity index (χ3v) is 2.92. The van der Waals surface area contributed by atoms with Crippen molar-refractivity contribution < 1.29 is 9.90 Å². The molecule has 0 aliphatic carbocycles. The van der Waals surface area contributed by atoms with Gasteiger partial charge in [-0.15, -0.1) is 0 Å². The molecule has 1 rings (SSSR count). The van der Waals surface area contributed by atoms with Crippen molar-refractivity contribution in [3.63, 3.8) is 0 Å². The van der Waals surface area contributed by atoms with E-state index in [2.05, 4.69) is 50.4 Å². The number of carboxylic acids is 1. The summed E-state index contributed by atoms with van der Waals surface area (Å²) in [4.78, 5) is 10.3. The summed E-state index contributed by atoms with van der Waals surface area (Å²) in [5.41, 5.74) is 2.57. The van der Waals surface area contributed by atoms with Gasteiger partial charge in [-0.1, -0.05) is 49.8 Å². The van der Waals surface area contributed by atoms with Crippen molar-refractivity contribution in [3.05, 3.63) is 47.5 Å². The summed E-state index contributed by atoms with van der Waals surface area (Å²) < 4.78 is 0. The summed E-state index contributed by atoms with van der Waals surface area (Å²) in [5, 5.41) is 11.7. The smallest absolute Gasteiger partial charge is 0.328 e. The molecule has 0 aliphatic rings. The minimum Gasteiger partial charge on any atom is -0.478 e. The van der Waals surface area contributed by atoms with E-state index in [1.54, 1.807) is 6.08 Å². The van der Waals surface area contributed by atoms with Crippen LogP contribution in [-0.2, 0) is 10.2 Å². The molecule has 0 saturated heterocycles. The molecule has 0 fully saturated rings. The van der Waals surface area contributed by atoms with Crippen molar-refractivity contribution in [1.29, 1.82) is 0 Å². The Morgan fingerprint density at radius 3 is 2.50 bits per heavy atom. The summed E-state index contributed by atoms with van der Waals surface area (Å²) in [6, 6.07) is 8.51. The van der Waals surface area contributed by atoms with Crippen LogP contribution in [0.3, 0.4) is 0 Å². The number of benzene rings is 1. The molecule has 1 aromatic carbocycles. The van der Waals surface area contributed by atoms with Crippen LogP contribution in [0.15, 0.2) is 36.4 Å². The highest BCUT2D eigenvalue weighted by Gasteiger charge is 2.19. The van der Waals surface area contributed by atoms with Crippen molar-refractivity contribution in [2.75, 3.05) is 13.1 Å². The molecule has 0 aliphatic heterocycles. The molecule has 0 unspecified atom stereocenters. The highest BCUT2D eigenvalue weighted by molar-refractivity contribution is 5.79. The second kappa shape index (κ2) is 6.36. The van der Waals surface area contributed by atoms with E-state index in [-0.39, 0.29) is 5.41 Å². The Hall–Kier alpha value is -1.61. The fourth-order valence-electron chi connectivity index (χ4n) is 1.73. The van der Waals surface area contributed by atoms with Gasteiger partial charge in [0.15, 0.2) is 0 Å². The minimum atomic E-state index is -0.908. The fourth-order valence-corrected chi connectivity index (χ4v) is 1.73. The quantitative estimate of drug-likeness (QED) is 0.600. The maximum Gasteiger partial charge on any atom is 0.328 e. The molecular weight excluding hydrogens is 226 g/mol. The molecule has 0 atom stereocenters. The Morgan fingerprint density at radius 1 is 1.33 bits per heavy atom. The number of aryl methyl sites for hydroxylation is 1. The Bertz CT molecular complexity index is 419. The van der Waals surface area contributed by atoms with E-state index in [9.17, 15) is 4.79 Å². The van der Waals surface area contributed by atoms with E-state index in [1.807, 2.05) is 0 Å². The lowest BCUT2D eigenvalue weighted by atomic mass is 9.84. The lowest BCUT2D eigenvalue weighted by Gasteiger charge is -2.25. The van der Waals surface area contributed by atoms with Gasteiger partial charge in [-0.25, -0.2) is 4.79 Å². The Kier molecular flexibility index (Phi) is 5.10. The van der Waals surface area contributed by atoms with E-state index in [0.717, 1.165) is 12.6 Å². The van der Waals surface area contributed by atoms with Crippen LogP contribution in [0.1, 0.15) is 25.0 Å². The zero-order valence-electron chi connectivity index (χ0n) is 11.2. The zero-order chi connectivity index (χ0) is 13.6. The highest BCUT2D eigenvalue weighted by atomic mass is 16.4. The zero-order valence-corrected chi connectivity index (χ0v) is 11.2. The SMILES string of the molecule is Cc1ccc(C(C)(C)CNC/C=C/C(=O)O)cc1. The molecule has 0 saturated carbocycles. The van der Waals surface area contributed by atoms with Crippen LogP contribution in [0.25, 0.3) is 0 Å². The first-order valence-corrected chi connectivity index (χ1v) is 6.09. The highest BCUT2D eigenvalue weighted by Crippen LogP contribution is 2.22. The first-order valence-electron chi connectivity index (χ1n) is 6.09. The Labute approximate surface area is 109 Å². The van der Waals surface area contributed by atoms with Crippen molar-refractivity contribution >= 4 is 5.97 Å². The average Bonchev–Trinajstić information content (AvgIpc) is 2.28. The minimum absolute atomic E-state index is 0.0325. The summed E-state index contributed by atoms with van der Waals surface area (Å²) >= 11 is 0. The fraction of sp³-hybridized carbons (Fsp3) is 0.400. The molecule has 98 valence electrons. The number of aliphatic carboxylic acids is 1. The molecule has 18 heavy (non-hydrogen) atoms. The number of carbonyl (C=O) groups is 1. The molecule has 0 amide bonds. The van der Waals surface area contributed by atoms with Crippen molar-refractivity contribution in [1.82, 2.24) is 5.32 Å². The number of nitrogens with one attached hydrogen (secondary N) is 1. The van der Waals surface area contributed by atoms with Gasteiger partial charge in [0.2, 0.25) is 0 Å². The van der Waals surface area contributed by atoms with E-state index < -0.39 is 5.97 Å². The first-order chi connectivity index (χ1) is 8.42. The molecule has 3 heteroatoms. The number of hydrogen-bond donors (Lipinski definition) is 2. The maximum absolute atomic E-state index is 10.3. The number of carboxylic acid groups (broad SMARTS) is 1. The molecule has 0 aromatic heterocycles. The lowest BCUT2D eigenvalue weighted by molar-refractivity contribution is -0.131. The molecule has 0 heterocycles. The van der Waals surface area contributed by atoms with Gasteiger partial charge in [-0.2, -0.15) is 0 Å². The molecule has 0 radical (unpaired) electrons. The second-order valence-corrected chi connectivity index (χ2v) is 5.12. The van der Waals surface area contributed by atoms with Crippen LogP contribution >= 0.6 is 0 Å². The molecule has 3 nitrogen and oxygen atoms in total. The summed E-state index contributed by atoms with van der Waals surface area (Å²) in [7, 11) is 0. The number of rotatable bonds is 6. The standard InChI is InChI=1S/C15H21NO2/c1-12-6-8-13(9-7-12)15(2,3)11-16-10-4-5-14(17)18/h4-9,16H,10-11H2,1-3H3,(H,17,18)/b5-4+. The third-order valence-electron chi connectivity index (χ3n) is 2.92. The van der Waals surface area contributed by atoms with Crippen LogP contribution in [0.4, 0.5) is 0 Å². The lowest BCUT2D eigenvalue weighted by Crippen LogP contribution is -2.33. The van der Waals surface area contributed by atoms with Crippen molar-refractivity contribution in [2.24, 2.45) is 0 Å². The molecule has 0 bridgehead atoms. The molecule has 1 aromatic rings. The predicted molar refractivity (Wildman–Crippen MR) is 73.9 cm³/mol. The van der Waals surface area contributed by atoms with E-state index in [4.69, 9.17) is 5.11 Å². The second-order valence-electron chi connectivity index (χ2n) is 5.12. The van der Waals surface area contributed by atoms with Crippen LogP contribution < -0.4 is 5.32 Å². The van der Waals surface area contributed by atoms with Gasteiger partial charge in [0.25, 0.3) is 0 Å². The van der Waals surface area contributed by atoms with Gasteiger partial charge in [0.05, 0.1) is 0 Å². The summed E-state index contributed by atoms with van der Waals surface area (Å²) in [5.74, 6) is -0.908. The maximum atomic E-state index is 10.3. The molecule has 2 N–H and O–H groups in total. The van der Waals surface area contributed by atoms with Gasteiger partial charge in [0.1, 0.15) is 0 Å². The largest absolute Gasteiger partial charge is 0.478 e. The van der Waals surface area contributed by atoms with Gasteiger partial charge >= 0.3 is 5.97 Å². The van der Waals surface area contributed by atoms with Gasteiger partial charge < -0.3 is 10.4 Å². The van der Waals surface area contributed by atoms with Crippen molar-refractivity contribution in [2.45, 2.75) is 26.2 Å². The van der Waals surface area contributed by atoms with Crippen LogP contribution in [0.2, 0.25) is 0 Å². The third kappa shape index (κ3) is 4.72. The Balaban J connectivity index is 2.49. The van der Waals surface area contributed by atoms with Gasteiger partial charge in [0, 0.05) is 24.6 Å². The van der Waals surface area contributed by atoms with Crippen LogP contribution in [0, 0.1) is 6.92 Å². The molecular formula is C15H21NO2. The van der Waals surface area contributed by atoms with Crippen LogP contribution in [0.5, 0.6) is 0 Å². The van der Waals surface area contributed by atoms with Crippen molar-refractivity contribution in [3.8, 4) is 0 Å². The van der Waals surface area contributed by atoms with E-state index in [0.29, 0.717) is 6.54 Å². The van der Waals surface area contributed by atoms with Gasteiger partial charge in [-0.3, -0.25) is 0 Å². The van der Waals surface area contributed by atoms with E-state index >= 15 is 0 Å². The summed E-state index contributed by atoms with van der Waals surface area (Å²) in [6.45, 7) is 7.80. The first kappa shape index (κ1) is 14.5. The predicted octanol–water partition coefficient (Wildman–Crippen LogP) is 2.50. The summed E-state index contributed by atoms with van der Waals surface area (Å²) in [6.07, 6.45) is 2.78. The normalized spacial score (nSPS) is 11.9. The number of hydrogen-bond acceptors (Lipinski definition) is 2. The molecule has 0 spiro atoms. The average molecular weight is 247 g/mol. The van der Waals surface area contributed by atoms with Crippen LogP contribution in [-0.4, -0.2) is 24.2 Å². The Morgan fingerprint density at radius 2 is 1.94 bits per heavy atom. The topological polar surface area (TPSA) is 49.3 Å². The van der Waals surface area contributed by atoms with E-state index in [1.165, 1.54) is 11.1 Å². The monoisotopic (exact) mass is 247 g/mol. The van der Waals surface area contributed by atoms with Gasteiger partial charge in [-0.05, 0) is 12.5 Å².